The number of aromatic amines is 1. The highest BCUT2D eigenvalue weighted by atomic mass is 35.5. The Morgan fingerprint density at radius 2 is 1.88 bits per heavy atom. The number of hydrogen-bond donors (Lipinski definition) is 4. The molecule has 0 bridgehead atoms. The molecule has 0 radical (unpaired) electrons. The minimum atomic E-state index is -1.08. The number of fused-ring (bicyclic) bond motifs is 2. The first-order chi connectivity index (χ1) is 24.8. The van der Waals surface area contributed by atoms with Crippen molar-refractivity contribution in [1.29, 1.82) is 0 Å². The third-order valence-electron chi connectivity index (χ3n) is 9.44. The number of imide groups is 2. The summed E-state index contributed by atoms with van der Waals surface area (Å²) in [6, 6.07) is 11.7. The molecular weight excluding hydrogens is 676 g/mol. The van der Waals surface area contributed by atoms with Gasteiger partial charge in [-0.1, -0.05) is 35.9 Å². The average Bonchev–Trinajstić information content (AvgIpc) is 3.66. The van der Waals surface area contributed by atoms with Crippen LogP contribution in [0.2, 0.25) is 5.02 Å². The summed E-state index contributed by atoms with van der Waals surface area (Å²) in [5, 5.41) is 10.1. The largest absolute Gasteiger partial charge is 0.483 e. The number of para-hydroxylation sites is 1. The first-order valence-electron chi connectivity index (χ1n) is 17.1. The van der Waals surface area contributed by atoms with Gasteiger partial charge in [0.2, 0.25) is 17.8 Å². The van der Waals surface area contributed by atoms with Crippen LogP contribution >= 0.6 is 11.6 Å². The van der Waals surface area contributed by atoms with Crippen molar-refractivity contribution in [2.75, 3.05) is 38.1 Å². The Bertz CT molecular complexity index is 2020. The van der Waals surface area contributed by atoms with Crippen LogP contribution in [0.5, 0.6) is 5.75 Å². The van der Waals surface area contributed by atoms with E-state index in [-0.39, 0.29) is 48.3 Å². The smallest absolute Gasteiger partial charge is 0.266 e. The summed E-state index contributed by atoms with van der Waals surface area (Å²) in [5.74, 6) is -2.19. The fraction of sp³-hybridized carbons (Fsp3) is 0.361. The molecule has 2 aromatic carbocycles. The normalized spacial score (nSPS) is 19.3. The van der Waals surface area contributed by atoms with E-state index in [2.05, 4.69) is 30.8 Å². The highest BCUT2D eigenvalue weighted by molar-refractivity contribution is 6.33. The first kappa shape index (κ1) is 34.1. The number of piperidine rings is 2. The number of unbranched alkanes of at least 4 members (excludes halogenated alkanes) is 1. The molecule has 2 atom stereocenters. The van der Waals surface area contributed by atoms with Gasteiger partial charge in [0, 0.05) is 48.2 Å². The molecule has 4 aromatic rings. The van der Waals surface area contributed by atoms with E-state index in [1.54, 1.807) is 12.3 Å². The van der Waals surface area contributed by atoms with Crippen LogP contribution in [0.3, 0.4) is 0 Å². The summed E-state index contributed by atoms with van der Waals surface area (Å²) in [7, 11) is 0. The van der Waals surface area contributed by atoms with Crippen LogP contribution in [0.1, 0.15) is 59.2 Å². The molecule has 3 aliphatic heterocycles. The number of halogens is 1. The molecule has 0 spiro atoms. The van der Waals surface area contributed by atoms with Crippen LogP contribution in [0, 0.1) is 0 Å². The maximum atomic E-state index is 13.2. The van der Waals surface area contributed by atoms with Crippen molar-refractivity contribution in [1.82, 2.24) is 35.4 Å². The first-order valence-corrected chi connectivity index (χ1v) is 17.5. The molecule has 2 unspecified atom stereocenters. The number of anilines is 1. The van der Waals surface area contributed by atoms with Crippen molar-refractivity contribution in [3.05, 3.63) is 71.0 Å². The zero-order valence-corrected chi connectivity index (χ0v) is 28.5. The summed E-state index contributed by atoms with van der Waals surface area (Å²) in [5.41, 5.74) is 2.72. The van der Waals surface area contributed by atoms with Crippen molar-refractivity contribution in [3.8, 4) is 17.0 Å². The summed E-state index contributed by atoms with van der Waals surface area (Å²) in [6.45, 7) is 2.83. The fourth-order valence-corrected chi connectivity index (χ4v) is 7.13. The standard InChI is InChI=1S/C36H37ClN8O6/c37-25-18-40-36(43-32(25)24-17-39-26-10-2-1-8-22(24)26)41-21-7-6-16-44(19-21)15-4-3-14-38-30(47)20-51-28-11-5-9-23-31(28)35(50)45(34(23)49)27-12-13-29(46)42-33(27)48/h1-2,5,8-11,17-18,21,27,39H,3-4,6-7,12-16,19-20H2,(H,38,47)(H,40,41,43)(H,42,46,48). The van der Waals surface area contributed by atoms with Gasteiger partial charge in [-0.15, -0.1) is 0 Å². The number of benzene rings is 2. The number of rotatable bonds is 12. The molecule has 14 nitrogen and oxygen atoms in total. The zero-order chi connectivity index (χ0) is 35.5. The van der Waals surface area contributed by atoms with Gasteiger partial charge >= 0.3 is 0 Å². The van der Waals surface area contributed by atoms with Crippen molar-refractivity contribution in [2.24, 2.45) is 0 Å². The van der Waals surface area contributed by atoms with Gasteiger partial charge < -0.3 is 25.3 Å². The lowest BCUT2D eigenvalue weighted by atomic mass is 10.0. The molecule has 0 aliphatic carbocycles. The van der Waals surface area contributed by atoms with Crippen molar-refractivity contribution < 1.29 is 28.7 Å². The molecule has 15 heteroatoms. The van der Waals surface area contributed by atoms with Gasteiger partial charge in [0.05, 0.1) is 28.0 Å². The number of nitrogens with one attached hydrogen (secondary N) is 4. The van der Waals surface area contributed by atoms with Gasteiger partial charge in [0.25, 0.3) is 17.7 Å². The van der Waals surface area contributed by atoms with Gasteiger partial charge in [-0.05, 0) is 63.4 Å². The third-order valence-corrected chi connectivity index (χ3v) is 9.72. The molecule has 264 valence electrons. The second kappa shape index (κ2) is 14.9. The summed E-state index contributed by atoms with van der Waals surface area (Å²) >= 11 is 6.52. The Labute approximate surface area is 298 Å². The third kappa shape index (κ3) is 7.28. The quantitative estimate of drug-likeness (QED) is 0.125. The van der Waals surface area contributed by atoms with Crippen molar-refractivity contribution in [2.45, 2.75) is 50.6 Å². The molecule has 51 heavy (non-hydrogen) atoms. The van der Waals surface area contributed by atoms with E-state index in [1.165, 1.54) is 12.1 Å². The number of ether oxygens (including phenoxy) is 1. The molecule has 2 saturated heterocycles. The second-order valence-corrected chi connectivity index (χ2v) is 13.3. The minimum absolute atomic E-state index is 0.00618. The minimum Gasteiger partial charge on any atom is -0.483 e. The van der Waals surface area contributed by atoms with Crippen LogP contribution in [0.4, 0.5) is 5.95 Å². The van der Waals surface area contributed by atoms with Crippen molar-refractivity contribution >= 4 is 58.0 Å². The lowest BCUT2D eigenvalue weighted by Gasteiger charge is -2.33. The van der Waals surface area contributed by atoms with Crippen LogP contribution in [-0.4, -0.2) is 99.2 Å². The SMILES string of the molecule is O=C(COc1cccc2c1C(=O)N(C1CCC(=O)NC1=O)C2=O)NCCCCN1CCCC(Nc2ncc(Cl)c(-c3c[nH]c4ccccc34)n2)C1. The number of likely N-dealkylation sites (tertiary alicyclic amines) is 1. The van der Waals surface area contributed by atoms with E-state index < -0.39 is 29.7 Å². The van der Waals surface area contributed by atoms with Gasteiger partial charge in [0.1, 0.15) is 11.8 Å². The molecule has 0 saturated carbocycles. The van der Waals surface area contributed by atoms with Crippen LogP contribution < -0.4 is 20.7 Å². The topological polar surface area (TPSA) is 179 Å². The van der Waals surface area contributed by atoms with E-state index in [0.717, 1.165) is 66.7 Å². The molecule has 5 amide bonds. The molecule has 4 N–H and O–H groups in total. The number of nitrogens with zero attached hydrogens (tertiary/aromatic N) is 4. The van der Waals surface area contributed by atoms with E-state index in [4.69, 9.17) is 21.3 Å². The van der Waals surface area contributed by atoms with Crippen LogP contribution in [-0.2, 0) is 14.4 Å². The molecule has 3 aliphatic rings. The summed E-state index contributed by atoms with van der Waals surface area (Å²) in [6.07, 6.45) is 7.32. The number of amides is 5. The lowest BCUT2D eigenvalue weighted by Crippen LogP contribution is -2.54. The molecule has 2 fully saturated rings. The predicted molar refractivity (Wildman–Crippen MR) is 188 cm³/mol. The Morgan fingerprint density at radius 1 is 1.02 bits per heavy atom. The predicted octanol–water partition coefficient (Wildman–Crippen LogP) is 3.53. The van der Waals surface area contributed by atoms with Crippen molar-refractivity contribution in [3.63, 3.8) is 0 Å². The number of carbonyl (C=O) groups excluding carboxylic acids is 5. The van der Waals surface area contributed by atoms with Gasteiger partial charge in [0.15, 0.2) is 6.61 Å². The molecule has 2 aromatic heterocycles. The molecular formula is C36H37ClN8O6. The van der Waals surface area contributed by atoms with Crippen LogP contribution in [0.25, 0.3) is 22.2 Å². The number of aromatic nitrogens is 3. The lowest BCUT2D eigenvalue weighted by molar-refractivity contribution is -0.136. The zero-order valence-electron chi connectivity index (χ0n) is 27.7. The Balaban J connectivity index is 0.848. The fourth-order valence-electron chi connectivity index (χ4n) is 6.94. The Kier molecular flexibility index (Phi) is 9.95. The number of hydrogen-bond acceptors (Lipinski definition) is 10. The maximum absolute atomic E-state index is 13.2. The van der Waals surface area contributed by atoms with E-state index in [0.29, 0.717) is 23.2 Å². The monoisotopic (exact) mass is 712 g/mol. The van der Waals surface area contributed by atoms with Crippen LogP contribution in [0.15, 0.2) is 54.9 Å². The highest BCUT2D eigenvalue weighted by Crippen LogP contribution is 2.34. The number of carbonyl (C=O) groups is 5. The molecule has 5 heterocycles. The van der Waals surface area contributed by atoms with E-state index >= 15 is 0 Å². The van der Waals surface area contributed by atoms with Gasteiger partial charge in [-0.25, -0.2) is 9.97 Å². The second-order valence-electron chi connectivity index (χ2n) is 12.9. The Hall–Kier alpha value is -5.34. The average molecular weight is 713 g/mol. The summed E-state index contributed by atoms with van der Waals surface area (Å²) < 4.78 is 5.67. The maximum Gasteiger partial charge on any atom is 0.266 e. The Morgan fingerprint density at radius 3 is 2.75 bits per heavy atom. The van der Waals surface area contributed by atoms with E-state index in [1.807, 2.05) is 30.5 Å². The van der Waals surface area contributed by atoms with E-state index in [9.17, 15) is 24.0 Å². The summed E-state index contributed by atoms with van der Waals surface area (Å²) in [4.78, 5) is 78.5. The highest BCUT2D eigenvalue weighted by Gasteiger charge is 2.46. The van der Waals surface area contributed by atoms with Gasteiger partial charge in [-0.2, -0.15) is 0 Å². The molecule has 7 rings (SSSR count). The van der Waals surface area contributed by atoms with Gasteiger partial charge in [-0.3, -0.25) is 34.2 Å². The number of H-pyrrole nitrogens is 1.